The highest BCUT2D eigenvalue weighted by molar-refractivity contribution is 9.10. The van der Waals surface area contributed by atoms with E-state index in [0.29, 0.717) is 5.78 Å². The van der Waals surface area contributed by atoms with Gasteiger partial charge >= 0.3 is 0 Å². The fourth-order valence-corrected chi connectivity index (χ4v) is 4.38. The summed E-state index contributed by atoms with van der Waals surface area (Å²) < 4.78 is 2.99. The molecule has 0 saturated heterocycles. The van der Waals surface area contributed by atoms with Crippen molar-refractivity contribution in [2.24, 2.45) is 0 Å². The molecule has 0 amide bonds. The first kappa shape index (κ1) is 24.0. The largest absolute Gasteiger partial charge is 0.507 e. The molecule has 2 heterocycles. The van der Waals surface area contributed by atoms with E-state index >= 15 is 0 Å². The van der Waals surface area contributed by atoms with Crippen LogP contribution in [0.2, 0.25) is 0 Å². The number of aromatic nitrogens is 3. The Balaban J connectivity index is 0.000000243. The molecule has 4 nitrogen and oxygen atoms in total. The van der Waals surface area contributed by atoms with Gasteiger partial charge in [-0.25, -0.2) is 9.97 Å². The van der Waals surface area contributed by atoms with Crippen LogP contribution in [0, 0.1) is 27.7 Å². The van der Waals surface area contributed by atoms with Crippen molar-refractivity contribution in [3.8, 4) is 17.0 Å². The molecule has 32 heavy (non-hydrogen) atoms. The second-order valence-electron chi connectivity index (χ2n) is 8.55. The number of aryl methyl sites for hydroxylation is 4. The van der Waals surface area contributed by atoms with Gasteiger partial charge in [-0.05, 0) is 81.0 Å². The first-order valence-corrected chi connectivity index (χ1v) is 11.8. The van der Waals surface area contributed by atoms with Crippen molar-refractivity contribution in [2.45, 2.75) is 60.8 Å². The molecule has 0 aliphatic heterocycles. The smallest absolute Gasteiger partial charge is 0.235 e. The zero-order valence-electron chi connectivity index (χ0n) is 20.0. The Morgan fingerprint density at radius 2 is 1.72 bits per heavy atom. The third-order valence-corrected chi connectivity index (χ3v) is 6.29. The summed E-state index contributed by atoms with van der Waals surface area (Å²) in [5.41, 5.74) is 8.93. The van der Waals surface area contributed by atoms with Crippen LogP contribution in [0.15, 0.2) is 46.9 Å². The minimum atomic E-state index is 0.225. The molecule has 0 bridgehead atoms. The summed E-state index contributed by atoms with van der Waals surface area (Å²) in [5, 5.41) is 10.3. The SMILES string of the molecule is CCc1cccc(C)c1C.Cc1cc(C)n2c(C(C)C)c(-c3cc(Br)ccc3O)nc2n1. The van der Waals surface area contributed by atoms with Crippen LogP contribution >= 0.6 is 15.9 Å². The number of fused-ring (bicyclic) bond motifs is 1. The fourth-order valence-electron chi connectivity index (χ4n) is 4.02. The van der Waals surface area contributed by atoms with Crippen molar-refractivity contribution < 1.29 is 5.11 Å². The second-order valence-corrected chi connectivity index (χ2v) is 9.46. The number of imidazole rings is 1. The number of aromatic hydroxyl groups is 1. The predicted octanol–water partition coefficient (Wildman–Crippen LogP) is 7.47. The quantitative estimate of drug-likeness (QED) is 0.321. The summed E-state index contributed by atoms with van der Waals surface area (Å²) in [6.07, 6.45) is 1.15. The normalized spacial score (nSPS) is 11.0. The third-order valence-electron chi connectivity index (χ3n) is 5.80. The van der Waals surface area contributed by atoms with Crippen molar-refractivity contribution in [1.82, 2.24) is 14.4 Å². The monoisotopic (exact) mass is 493 g/mol. The average molecular weight is 494 g/mol. The lowest BCUT2D eigenvalue weighted by molar-refractivity contribution is 0.477. The minimum absolute atomic E-state index is 0.225. The van der Waals surface area contributed by atoms with Gasteiger partial charge in [-0.15, -0.1) is 0 Å². The maximum absolute atomic E-state index is 10.3. The number of nitrogens with zero attached hydrogens (tertiary/aromatic N) is 3. The number of hydrogen-bond acceptors (Lipinski definition) is 3. The van der Waals surface area contributed by atoms with Gasteiger partial charge < -0.3 is 5.11 Å². The van der Waals surface area contributed by atoms with E-state index in [4.69, 9.17) is 4.98 Å². The van der Waals surface area contributed by atoms with Crippen molar-refractivity contribution in [2.75, 3.05) is 0 Å². The summed E-state index contributed by atoms with van der Waals surface area (Å²) in [6.45, 7) is 14.8. The first-order chi connectivity index (χ1) is 15.1. The van der Waals surface area contributed by atoms with Crippen molar-refractivity contribution in [3.63, 3.8) is 0 Å². The second kappa shape index (κ2) is 9.86. The van der Waals surface area contributed by atoms with Crippen LogP contribution in [0.1, 0.15) is 60.5 Å². The van der Waals surface area contributed by atoms with Gasteiger partial charge in [0, 0.05) is 21.4 Å². The molecule has 0 radical (unpaired) electrons. The molecule has 0 saturated carbocycles. The molecule has 2 aromatic heterocycles. The zero-order valence-corrected chi connectivity index (χ0v) is 21.6. The Labute approximate surface area is 199 Å². The highest BCUT2D eigenvalue weighted by Gasteiger charge is 2.21. The number of benzene rings is 2. The van der Waals surface area contributed by atoms with Crippen LogP contribution in [0.4, 0.5) is 0 Å². The van der Waals surface area contributed by atoms with Gasteiger partial charge in [0.1, 0.15) is 5.75 Å². The average Bonchev–Trinajstić information content (AvgIpc) is 3.12. The molecule has 0 spiro atoms. The van der Waals surface area contributed by atoms with Crippen LogP contribution in [0.5, 0.6) is 5.75 Å². The topological polar surface area (TPSA) is 50.4 Å². The molecule has 2 aromatic carbocycles. The van der Waals surface area contributed by atoms with Gasteiger partial charge in [-0.1, -0.05) is 54.9 Å². The van der Waals surface area contributed by atoms with E-state index in [1.165, 1.54) is 16.7 Å². The summed E-state index contributed by atoms with van der Waals surface area (Å²) in [7, 11) is 0. The van der Waals surface area contributed by atoms with Crippen LogP contribution in [-0.2, 0) is 6.42 Å². The zero-order chi connectivity index (χ0) is 23.6. The number of phenolic OH excluding ortho intramolecular Hbond substituents is 1. The fraction of sp³-hybridized carbons (Fsp3) is 0.333. The number of halogens is 1. The highest BCUT2D eigenvalue weighted by atomic mass is 79.9. The summed E-state index contributed by atoms with van der Waals surface area (Å²) in [6, 6.07) is 13.9. The molecule has 0 atom stereocenters. The minimum Gasteiger partial charge on any atom is -0.507 e. The van der Waals surface area contributed by atoms with E-state index in [1.807, 2.05) is 25.1 Å². The van der Waals surface area contributed by atoms with E-state index in [1.54, 1.807) is 6.07 Å². The van der Waals surface area contributed by atoms with Crippen LogP contribution in [-0.4, -0.2) is 19.5 Å². The number of rotatable bonds is 3. The van der Waals surface area contributed by atoms with Crippen LogP contribution in [0.25, 0.3) is 17.0 Å². The molecule has 1 N–H and O–H groups in total. The molecule has 0 aliphatic carbocycles. The van der Waals surface area contributed by atoms with Crippen LogP contribution < -0.4 is 0 Å². The van der Waals surface area contributed by atoms with Gasteiger partial charge in [-0.2, -0.15) is 0 Å². The Hall–Kier alpha value is -2.66. The third kappa shape index (κ3) is 4.88. The van der Waals surface area contributed by atoms with Crippen molar-refractivity contribution >= 4 is 21.7 Å². The van der Waals surface area contributed by atoms with E-state index in [0.717, 1.165) is 39.2 Å². The Kier molecular flexibility index (Phi) is 7.40. The summed E-state index contributed by atoms with van der Waals surface area (Å²) in [5.74, 6) is 1.16. The van der Waals surface area contributed by atoms with E-state index < -0.39 is 0 Å². The number of hydrogen-bond donors (Lipinski definition) is 1. The van der Waals surface area contributed by atoms with Crippen molar-refractivity contribution in [3.05, 3.63) is 80.7 Å². The molecule has 5 heteroatoms. The molecular weight excluding hydrogens is 462 g/mol. The Morgan fingerprint density at radius 3 is 2.34 bits per heavy atom. The summed E-state index contributed by atoms with van der Waals surface area (Å²) in [4.78, 5) is 9.24. The van der Waals surface area contributed by atoms with E-state index in [-0.39, 0.29) is 11.7 Å². The highest BCUT2D eigenvalue weighted by Crippen LogP contribution is 2.36. The molecular formula is C27H32BrN3O. The Morgan fingerprint density at radius 1 is 1.00 bits per heavy atom. The van der Waals surface area contributed by atoms with Gasteiger partial charge in [0.25, 0.3) is 0 Å². The molecule has 0 fully saturated rings. The molecule has 4 aromatic rings. The molecule has 0 unspecified atom stereocenters. The molecule has 0 aliphatic rings. The Bertz CT molecular complexity index is 1260. The van der Waals surface area contributed by atoms with Gasteiger partial charge in [0.2, 0.25) is 5.78 Å². The summed E-state index contributed by atoms with van der Waals surface area (Å²) >= 11 is 3.46. The van der Waals surface area contributed by atoms with Gasteiger partial charge in [-0.3, -0.25) is 4.40 Å². The molecule has 168 valence electrons. The maximum atomic E-state index is 10.3. The van der Waals surface area contributed by atoms with Crippen LogP contribution in [0.3, 0.4) is 0 Å². The van der Waals surface area contributed by atoms with Crippen molar-refractivity contribution in [1.29, 1.82) is 0 Å². The predicted molar refractivity (Wildman–Crippen MR) is 137 cm³/mol. The van der Waals surface area contributed by atoms with Gasteiger partial charge in [0.15, 0.2) is 0 Å². The standard InChI is InChI=1S/C17H18BrN3O.C10H14/c1-9(2)16-15(13-8-12(18)5-6-14(13)22)20-17-19-10(3)7-11(4)21(16)17;1-4-10-7-5-6-8(2)9(10)3/h5-9,22H,1-4H3;5-7H,4H2,1-3H3. The lowest BCUT2D eigenvalue weighted by Crippen LogP contribution is -2.02. The lowest BCUT2D eigenvalue weighted by Gasteiger charge is -2.11. The molecule has 4 rings (SSSR count). The number of phenols is 1. The maximum Gasteiger partial charge on any atom is 0.235 e. The first-order valence-electron chi connectivity index (χ1n) is 11.0. The van der Waals surface area contributed by atoms with E-state index in [9.17, 15) is 5.11 Å². The van der Waals surface area contributed by atoms with E-state index in [2.05, 4.69) is 85.1 Å². The van der Waals surface area contributed by atoms with Gasteiger partial charge in [0.05, 0.1) is 11.4 Å². The lowest BCUT2D eigenvalue weighted by atomic mass is 10.0.